The maximum absolute atomic E-state index is 12.8. The summed E-state index contributed by atoms with van der Waals surface area (Å²) in [5, 5.41) is 8.80. The van der Waals surface area contributed by atoms with Crippen molar-refractivity contribution in [3.05, 3.63) is 30.0 Å². The Bertz CT molecular complexity index is 730. The number of carbonyl (C=O) groups excluding carboxylic acids is 1. The van der Waals surface area contributed by atoms with Crippen LogP contribution in [0.4, 0.5) is 13.2 Å². The van der Waals surface area contributed by atoms with Crippen molar-refractivity contribution in [1.82, 2.24) is 19.7 Å². The van der Waals surface area contributed by atoms with Gasteiger partial charge in [-0.2, -0.15) is 13.2 Å². The third-order valence-corrected chi connectivity index (χ3v) is 5.00. The zero-order valence-corrected chi connectivity index (χ0v) is 14.9. The van der Waals surface area contributed by atoms with Crippen molar-refractivity contribution in [2.24, 2.45) is 0 Å². The van der Waals surface area contributed by atoms with Crippen LogP contribution in [0.2, 0.25) is 0 Å². The highest BCUT2D eigenvalue weighted by Gasteiger charge is 2.33. The van der Waals surface area contributed by atoms with Gasteiger partial charge < -0.3 is 13.9 Å². The third kappa shape index (κ3) is 5.03. The highest BCUT2D eigenvalue weighted by atomic mass is 32.2. The van der Waals surface area contributed by atoms with Crippen LogP contribution >= 0.6 is 11.8 Å². The van der Waals surface area contributed by atoms with Gasteiger partial charge in [-0.15, -0.1) is 10.2 Å². The number of furan rings is 1. The molecule has 0 bridgehead atoms. The molecule has 6 nitrogen and oxygen atoms in total. The van der Waals surface area contributed by atoms with Gasteiger partial charge in [0.2, 0.25) is 5.91 Å². The molecule has 0 aromatic carbocycles. The van der Waals surface area contributed by atoms with E-state index in [9.17, 15) is 18.0 Å². The molecule has 0 spiro atoms. The van der Waals surface area contributed by atoms with Crippen LogP contribution in [-0.4, -0.2) is 44.0 Å². The van der Waals surface area contributed by atoms with Gasteiger partial charge in [0.1, 0.15) is 18.1 Å². The number of aromatic nitrogens is 3. The molecule has 2 aromatic heterocycles. The number of fused-ring (bicyclic) bond motifs is 1. The number of aryl methyl sites for hydroxylation is 1. The lowest BCUT2D eigenvalue weighted by Crippen LogP contribution is -2.39. The van der Waals surface area contributed by atoms with E-state index in [1.165, 1.54) is 6.26 Å². The summed E-state index contributed by atoms with van der Waals surface area (Å²) in [6, 6.07) is 3.12. The molecule has 0 fully saturated rings. The van der Waals surface area contributed by atoms with Crippen LogP contribution in [0, 0.1) is 0 Å². The summed E-state index contributed by atoms with van der Waals surface area (Å²) < 4.78 is 45.5. The van der Waals surface area contributed by atoms with E-state index in [1.807, 2.05) is 4.57 Å². The van der Waals surface area contributed by atoms with Gasteiger partial charge in [0.15, 0.2) is 5.16 Å². The topological polar surface area (TPSA) is 64.2 Å². The summed E-state index contributed by atoms with van der Waals surface area (Å²) in [7, 11) is 0. The smallest absolute Gasteiger partial charge is 0.406 e. The summed E-state index contributed by atoms with van der Waals surface area (Å²) in [5.74, 6) is 0.438. The summed E-state index contributed by atoms with van der Waals surface area (Å²) in [6.45, 7) is -0.758. The first kappa shape index (κ1) is 18.8. The Morgan fingerprint density at radius 1 is 1.31 bits per heavy atom. The van der Waals surface area contributed by atoms with Crippen LogP contribution in [-0.2, 0) is 24.3 Å². The fourth-order valence-electron chi connectivity index (χ4n) is 2.82. The second-order valence-corrected chi connectivity index (χ2v) is 7.04. The maximum Gasteiger partial charge on any atom is 0.406 e. The molecule has 0 saturated heterocycles. The Kier molecular flexibility index (Phi) is 5.90. The number of hydrogen-bond donors (Lipinski definition) is 0. The van der Waals surface area contributed by atoms with Crippen molar-refractivity contribution in [1.29, 1.82) is 0 Å². The first-order valence-electron chi connectivity index (χ1n) is 8.34. The summed E-state index contributed by atoms with van der Waals surface area (Å²) >= 11 is 1.13. The molecule has 0 radical (unpaired) electrons. The summed E-state index contributed by atoms with van der Waals surface area (Å²) in [6.07, 6.45) is 0.884. The molecule has 2 aromatic rings. The van der Waals surface area contributed by atoms with Crippen molar-refractivity contribution in [3.8, 4) is 0 Å². The average molecular weight is 388 g/mol. The highest BCUT2D eigenvalue weighted by Crippen LogP contribution is 2.24. The normalized spacial score (nSPS) is 14.7. The van der Waals surface area contributed by atoms with Gasteiger partial charge in [0, 0.05) is 13.0 Å². The number of nitrogens with zero attached hydrogens (tertiary/aromatic N) is 4. The van der Waals surface area contributed by atoms with E-state index < -0.39 is 18.6 Å². The van der Waals surface area contributed by atoms with Crippen LogP contribution in [0.3, 0.4) is 0 Å². The van der Waals surface area contributed by atoms with Crippen molar-refractivity contribution < 1.29 is 22.4 Å². The maximum atomic E-state index is 12.8. The molecule has 0 N–H and O–H groups in total. The van der Waals surface area contributed by atoms with Gasteiger partial charge in [0.25, 0.3) is 0 Å². The number of alkyl halides is 3. The van der Waals surface area contributed by atoms with Gasteiger partial charge in [-0.3, -0.25) is 4.79 Å². The van der Waals surface area contributed by atoms with Gasteiger partial charge in [-0.1, -0.05) is 18.2 Å². The minimum absolute atomic E-state index is 0.130. The SMILES string of the molecule is O=C(CSc1nnc2n1CCCCC2)N(Cc1ccco1)CC(F)(F)F. The number of carbonyl (C=O) groups is 1. The van der Waals surface area contributed by atoms with E-state index in [-0.39, 0.29) is 12.3 Å². The molecule has 0 atom stereocenters. The van der Waals surface area contributed by atoms with E-state index in [1.54, 1.807) is 12.1 Å². The fourth-order valence-corrected chi connectivity index (χ4v) is 3.71. The molecule has 1 aliphatic rings. The number of hydrogen-bond acceptors (Lipinski definition) is 5. The Labute approximate surface area is 152 Å². The second-order valence-electron chi connectivity index (χ2n) is 6.09. The molecular formula is C16H19F3N4O2S. The van der Waals surface area contributed by atoms with Crippen molar-refractivity contribution >= 4 is 17.7 Å². The number of amides is 1. The van der Waals surface area contributed by atoms with E-state index in [2.05, 4.69) is 10.2 Å². The molecule has 0 saturated carbocycles. The minimum atomic E-state index is -4.47. The Morgan fingerprint density at radius 2 is 2.15 bits per heavy atom. The minimum Gasteiger partial charge on any atom is -0.467 e. The van der Waals surface area contributed by atoms with Crippen LogP contribution < -0.4 is 0 Å². The van der Waals surface area contributed by atoms with Crippen LogP contribution in [0.15, 0.2) is 28.0 Å². The molecule has 142 valence electrons. The summed E-state index contributed by atoms with van der Waals surface area (Å²) in [4.78, 5) is 13.1. The molecule has 3 rings (SSSR count). The van der Waals surface area contributed by atoms with E-state index in [4.69, 9.17) is 4.42 Å². The Balaban J connectivity index is 1.65. The van der Waals surface area contributed by atoms with Crippen molar-refractivity contribution in [2.45, 2.75) is 50.1 Å². The van der Waals surface area contributed by atoms with Crippen LogP contribution in [0.1, 0.15) is 30.8 Å². The number of rotatable bonds is 6. The van der Waals surface area contributed by atoms with Gasteiger partial charge in [-0.05, 0) is 25.0 Å². The standard InChI is InChI=1S/C16H19F3N4O2S/c17-16(18,19)11-22(9-12-5-4-8-25-12)14(24)10-26-15-21-20-13-6-2-1-3-7-23(13)15/h4-5,8H,1-3,6-7,9-11H2. The third-order valence-electron chi connectivity index (χ3n) is 4.05. The first-order valence-corrected chi connectivity index (χ1v) is 9.33. The largest absolute Gasteiger partial charge is 0.467 e. The molecule has 26 heavy (non-hydrogen) atoms. The van der Waals surface area contributed by atoms with Crippen LogP contribution in [0.5, 0.6) is 0 Å². The fraction of sp³-hybridized carbons (Fsp3) is 0.562. The Hall–Kier alpha value is -1.97. The molecule has 0 unspecified atom stereocenters. The summed E-state index contributed by atoms with van der Waals surface area (Å²) in [5.41, 5.74) is 0. The molecule has 10 heteroatoms. The first-order chi connectivity index (χ1) is 12.4. The zero-order valence-electron chi connectivity index (χ0n) is 14.0. The molecule has 3 heterocycles. The molecule has 1 amide bonds. The quantitative estimate of drug-likeness (QED) is 0.711. The lowest BCUT2D eigenvalue weighted by molar-refractivity contribution is -0.161. The average Bonchev–Trinajstić information content (AvgIpc) is 3.15. The number of halogens is 3. The zero-order chi connectivity index (χ0) is 18.6. The van der Waals surface area contributed by atoms with Gasteiger partial charge in [0.05, 0.1) is 18.6 Å². The van der Waals surface area contributed by atoms with Crippen molar-refractivity contribution in [3.63, 3.8) is 0 Å². The molecule has 0 aliphatic carbocycles. The number of thioether (sulfide) groups is 1. The van der Waals surface area contributed by atoms with Gasteiger partial charge >= 0.3 is 6.18 Å². The lowest BCUT2D eigenvalue weighted by Gasteiger charge is -2.22. The highest BCUT2D eigenvalue weighted by molar-refractivity contribution is 7.99. The second kappa shape index (κ2) is 8.15. The van der Waals surface area contributed by atoms with Crippen LogP contribution in [0.25, 0.3) is 0 Å². The van der Waals surface area contributed by atoms with Crippen molar-refractivity contribution in [2.75, 3.05) is 12.3 Å². The van der Waals surface area contributed by atoms with E-state index >= 15 is 0 Å². The van der Waals surface area contributed by atoms with Gasteiger partial charge in [-0.25, -0.2) is 0 Å². The Morgan fingerprint density at radius 3 is 2.88 bits per heavy atom. The predicted octanol–water partition coefficient (Wildman–Crippen LogP) is 3.28. The van der Waals surface area contributed by atoms with E-state index in [0.29, 0.717) is 10.9 Å². The van der Waals surface area contributed by atoms with E-state index in [0.717, 1.165) is 54.7 Å². The lowest BCUT2D eigenvalue weighted by atomic mass is 10.2. The molecular weight excluding hydrogens is 369 g/mol. The monoisotopic (exact) mass is 388 g/mol. The molecule has 1 aliphatic heterocycles. The predicted molar refractivity (Wildman–Crippen MR) is 88.5 cm³/mol.